The van der Waals surface area contributed by atoms with Gasteiger partial charge in [-0.2, -0.15) is 18.4 Å². The number of alkyl halides is 3. The summed E-state index contributed by atoms with van der Waals surface area (Å²) in [5.74, 6) is -0.247. The van der Waals surface area contributed by atoms with Gasteiger partial charge in [0.15, 0.2) is 0 Å². The summed E-state index contributed by atoms with van der Waals surface area (Å²) in [6, 6.07) is 4.62. The van der Waals surface area contributed by atoms with E-state index in [1.807, 2.05) is 6.92 Å². The fourth-order valence-corrected chi connectivity index (χ4v) is 1.76. The van der Waals surface area contributed by atoms with Crippen molar-refractivity contribution < 1.29 is 18.0 Å². The number of likely N-dealkylation sites (N-methyl/N-ethyl adjacent to an activating group) is 1. The Hall–Kier alpha value is -2.23. The van der Waals surface area contributed by atoms with E-state index in [1.54, 1.807) is 13.1 Å². The van der Waals surface area contributed by atoms with Crippen LogP contribution in [0.5, 0.6) is 0 Å². The van der Waals surface area contributed by atoms with Gasteiger partial charge in [0.2, 0.25) is 5.91 Å². The van der Waals surface area contributed by atoms with Gasteiger partial charge in [0.25, 0.3) is 0 Å². The summed E-state index contributed by atoms with van der Waals surface area (Å²) in [7, 11) is 1.55. The van der Waals surface area contributed by atoms with Crippen molar-refractivity contribution in [3.63, 3.8) is 0 Å². The van der Waals surface area contributed by atoms with Crippen LogP contribution in [0.1, 0.15) is 24.5 Å². The molecule has 0 aromatic heterocycles. The lowest BCUT2D eigenvalue weighted by Crippen LogP contribution is -2.35. The van der Waals surface area contributed by atoms with Gasteiger partial charge >= 0.3 is 6.18 Å². The van der Waals surface area contributed by atoms with Crippen molar-refractivity contribution in [1.29, 1.82) is 5.26 Å². The van der Waals surface area contributed by atoms with Crippen molar-refractivity contribution in [2.24, 2.45) is 0 Å². The Bertz CT molecular complexity index is 549. The van der Waals surface area contributed by atoms with Crippen molar-refractivity contribution >= 4 is 11.6 Å². The first-order valence-electron chi connectivity index (χ1n) is 6.38. The first-order valence-corrected chi connectivity index (χ1v) is 6.38. The van der Waals surface area contributed by atoms with Crippen LogP contribution in [0.3, 0.4) is 0 Å². The Morgan fingerprint density at radius 1 is 1.43 bits per heavy atom. The molecule has 1 aromatic rings. The molecule has 1 rings (SSSR count). The smallest absolute Gasteiger partial charge is 0.364 e. The molecule has 4 nitrogen and oxygen atoms in total. The van der Waals surface area contributed by atoms with Gasteiger partial charge in [-0.05, 0) is 24.6 Å². The van der Waals surface area contributed by atoms with Gasteiger partial charge in [0.05, 0.1) is 23.4 Å². The van der Waals surface area contributed by atoms with Gasteiger partial charge in [-0.25, -0.2) is 0 Å². The highest BCUT2D eigenvalue weighted by Crippen LogP contribution is 2.32. The highest BCUT2D eigenvalue weighted by atomic mass is 19.4. The lowest BCUT2D eigenvalue weighted by Gasteiger charge is -2.20. The van der Waals surface area contributed by atoms with E-state index in [1.165, 1.54) is 11.0 Å². The quantitative estimate of drug-likeness (QED) is 0.909. The lowest BCUT2D eigenvalue weighted by atomic mass is 10.1. The largest absolute Gasteiger partial charge is 0.416 e. The first kappa shape index (κ1) is 16.8. The van der Waals surface area contributed by atoms with Crippen LogP contribution in [0.4, 0.5) is 18.9 Å². The highest BCUT2D eigenvalue weighted by molar-refractivity contribution is 5.81. The molecule has 21 heavy (non-hydrogen) atoms. The number of rotatable bonds is 5. The summed E-state index contributed by atoms with van der Waals surface area (Å²) in [6.07, 6.45) is -3.71. The number of hydrogen-bond donors (Lipinski definition) is 1. The van der Waals surface area contributed by atoms with Crippen LogP contribution in [0.25, 0.3) is 0 Å². The molecule has 0 bridgehead atoms. The average molecular weight is 299 g/mol. The van der Waals surface area contributed by atoms with Crippen LogP contribution in [-0.4, -0.2) is 26.0 Å². The summed E-state index contributed by atoms with van der Waals surface area (Å²) in [5, 5.41) is 11.7. The summed E-state index contributed by atoms with van der Waals surface area (Å²) >= 11 is 0. The Kier molecular flexibility index (Phi) is 5.59. The van der Waals surface area contributed by atoms with Gasteiger partial charge < -0.3 is 10.2 Å². The molecule has 0 saturated carbocycles. The van der Waals surface area contributed by atoms with E-state index in [0.717, 1.165) is 18.6 Å². The topological polar surface area (TPSA) is 56.1 Å². The predicted molar refractivity (Wildman–Crippen MR) is 72.7 cm³/mol. The maximum absolute atomic E-state index is 12.6. The monoisotopic (exact) mass is 299 g/mol. The van der Waals surface area contributed by atoms with Crippen LogP contribution in [0.2, 0.25) is 0 Å². The molecule has 114 valence electrons. The summed E-state index contributed by atoms with van der Waals surface area (Å²) < 4.78 is 37.8. The zero-order valence-electron chi connectivity index (χ0n) is 11.8. The van der Waals surface area contributed by atoms with Crippen molar-refractivity contribution in [2.45, 2.75) is 19.5 Å². The predicted octanol–water partition coefficient (Wildman–Crippen LogP) is 2.54. The van der Waals surface area contributed by atoms with E-state index < -0.39 is 11.7 Å². The molecule has 1 aromatic carbocycles. The Balaban J connectivity index is 2.93. The molecular weight excluding hydrogens is 283 g/mol. The van der Waals surface area contributed by atoms with E-state index in [-0.39, 0.29) is 23.7 Å². The van der Waals surface area contributed by atoms with Crippen LogP contribution >= 0.6 is 0 Å². The number of nitriles is 1. The van der Waals surface area contributed by atoms with Crippen LogP contribution in [0, 0.1) is 11.3 Å². The molecule has 0 radical (unpaired) electrons. The molecule has 0 atom stereocenters. The number of benzene rings is 1. The zero-order valence-corrected chi connectivity index (χ0v) is 11.8. The maximum Gasteiger partial charge on any atom is 0.416 e. The fraction of sp³-hybridized carbons (Fsp3) is 0.429. The number of hydrogen-bond acceptors (Lipinski definition) is 3. The second-order valence-electron chi connectivity index (χ2n) is 4.55. The van der Waals surface area contributed by atoms with Gasteiger partial charge in [-0.15, -0.1) is 0 Å². The molecule has 0 aliphatic rings. The Morgan fingerprint density at radius 2 is 2.10 bits per heavy atom. The van der Waals surface area contributed by atoms with Crippen LogP contribution in [0.15, 0.2) is 18.2 Å². The number of anilines is 1. The van der Waals surface area contributed by atoms with Crippen molar-refractivity contribution in [3.8, 4) is 6.07 Å². The van der Waals surface area contributed by atoms with E-state index in [2.05, 4.69) is 5.32 Å². The van der Waals surface area contributed by atoms with E-state index >= 15 is 0 Å². The molecule has 0 spiro atoms. The second-order valence-corrected chi connectivity index (χ2v) is 4.55. The van der Waals surface area contributed by atoms with E-state index in [4.69, 9.17) is 5.26 Å². The fourth-order valence-electron chi connectivity index (χ4n) is 1.76. The number of amides is 1. The normalized spacial score (nSPS) is 10.9. The second kappa shape index (κ2) is 6.97. The number of nitrogens with one attached hydrogen (secondary N) is 1. The average Bonchev–Trinajstić information content (AvgIpc) is 2.43. The number of carbonyl (C=O) groups is 1. The highest BCUT2D eigenvalue weighted by Gasteiger charge is 2.31. The summed E-state index contributed by atoms with van der Waals surface area (Å²) in [4.78, 5) is 13.0. The molecule has 0 heterocycles. The third-order valence-electron chi connectivity index (χ3n) is 2.81. The maximum atomic E-state index is 12.6. The third-order valence-corrected chi connectivity index (χ3v) is 2.81. The molecule has 7 heteroatoms. The molecule has 0 unspecified atom stereocenters. The van der Waals surface area contributed by atoms with Gasteiger partial charge in [-0.3, -0.25) is 4.79 Å². The molecule has 1 amide bonds. The minimum atomic E-state index is -4.50. The molecular formula is C14H16F3N3O. The number of carbonyl (C=O) groups excluding carboxylic acids is 1. The van der Waals surface area contributed by atoms with Crippen LogP contribution in [-0.2, 0) is 11.0 Å². The molecule has 0 aliphatic carbocycles. The minimum absolute atomic E-state index is 0.0277. The third kappa shape index (κ3) is 4.67. The molecule has 0 fully saturated rings. The van der Waals surface area contributed by atoms with Gasteiger partial charge in [-0.1, -0.05) is 6.92 Å². The molecule has 0 saturated heterocycles. The molecule has 1 N–H and O–H groups in total. The van der Waals surface area contributed by atoms with Crippen molar-refractivity contribution in [3.05, 3.63) is 29.3 Å². The number of nitrogens with zero attached hydrogens (tertiary/aromatic N) is 2. The number of halogens is 3. The molecule has 0 aliphatic heterocycles. The zero-order chi connectivity index (χ0) is 16.0. The lowest BCUT2D eigenvalue weighted by molar-refractivity contribution is -0.137. The Labute approximate surface area is 121 Å². The van der Waals surface area contributed by atoms with Crippen molar-refractivity contribution in [1.82, 2.24) is 5.32 Å². The minimum Gasteiger partial charge on any atom is -0.364 e. The summed E-state index contributed by atoms with van der Waals surface area (Å²) in [5.41, 5.74) is -0.709. The van der Waals surface area contributed by atoms with Crippen molar-refractivity contribution in [2.75, 3.05) is 25.0 Å². The SMILES string of the molecule is CCCNC(=O)CN(C)c1ccc(C(F)(F)F)cc1C#N. The Morgan fingerprint density at radius 3 is 2.62 bits per heavy atom. The van der Waals surface area contributed by atoms with Gasteiger partial charge in [0, 0.05) is 13.6 Å². The van der Waals surface area contributed by atoms with E-state index in [0.29, 0.717) is 6.54 Å². The first-order chi connectivity index (χ1) is 9.79. The standard InChI is InChI=1S/C14H16F3N3O/c1-3-6-19-13(21)9-20(2)12-5-4-11(14(15,16)17)7-10(12)8-18/h4-5,7H,3,6,9H2,1-2H3,(H,19,21). The van der Waals surface area contributed by atoms with Gasteiger partial charge in [0.1, 0.15) is 6.07 Å². The summed E-state index contributed by atoms with van der Waals surface area (Å²) in [6.45, 7) is 2.42. The van der Waals surface area contributed by atoms with E-state index in [9.17, 15) is 18.0 Å². The van der Waals surface area contributed by atoms with Crippen LogP contribution < -0.4 is 10.2 Å².